The van der Waals surface area contributed by atoms with Gasteiger partial charge in [-0.3, -0.25) is 4.79 Å². The largest absolute Gasteiger partial charge is 0.434 e. The van der Waals surface area contributed by atoms with E-state index in [2.05, 4.69) is 15.0 Å². The van der Waals surface area contributed by atoms with Gasteiger partial charge in [-0.05, 0) is 67.1 Å². The number of amides is 1. The van der Waals surface area contributed by atoms with Gasteiger partial charge >= 0.3 is 6.18 Å². The number of nitrogens with zero attached hydrogens (tertiary/aromatic N) is 4. The summed E-state index contributed by atoms with van der Waals surface area (Å²) in [6, 6.07) is 11.2. The fourth-order valence-electron chi connectivity index (χ4n) is 4.88. The molecule has 0 bridgehead atoms. The van der Waals surface area contributed by atoms with E-state index < -0.39 is 11.9 Å². The van der Waals surface area contributed by atoms with Crippen molar-refractivity contribution < 1.29 is 18.0 Å². The summed E-state index contributed by atoms with van der Waals surface area (Å²) in [5.41, 5.74) is 4.09. The first-order valence-electron chi connectivity index (χ1n) is 10.8. The van der Waals surface area contributed by atoms with E-state index in [0.29, 0.717) is 11.6 Å². The fraction of sp³-hybridized carbons (Fsp3) is 0.292. The fourth-order valence-corrected chi connectivity index (χ4v) is 4.88. The van der Waals surface area contributed by atoms with Gasteiger partial charge in [0.25, 0.3) is 0 Å². The van der Waals surface area contributed by atoms with E-state index in [1.165, 1.54) is 10.9 Å². The lowest BCUT2D eigenvalue weighted by molar-refractivity contribution is -0.141. The number of fused-ring (bicyclic) bond motifs is 1. The van der Waals surface area contributed by atoms with Crippen molar-refractivity contribution in [3.63, 3.8) is 0 Å². The van der Waals surface area contributed by atoms with Crippen molar-refractivity contribution in [2.45, 2.75) is 32.0 Å². The lowest BCUT2D eigenvalue weighted by atomic mass is 9.77. The quantitative estimate of drug-likeness (QED) is 0.434. The highest BCUT2D eigenvalue weighted by atomic mass is 19.4. The van der Waals surface area contributed by atoms with Crippen molar-refractivity contribution in [3.05, 3.63) is 72.1 Å². The van der Waals surface area contributed by atoms with E-state index in [1.54, 1.807) is 12.4 Å². The Kier molecular flexibility index (Phi) is 4.21. The molecule has 0 spiro atoms. The summed E-state index contributed by atoms with van der Waals surface area (Å²) in [6.45, 7) is 1.93. The zero-order chi connectivity index (χ0) is 22.9. The first kappa shape index (κ1) is 20.0. The Morgan fingerprint density at radius 2 is 1.85 bits per heavy atom. The van der Waals surface area contributed by atoms with Gasteiger partial charge in [0.15, 0.2) is 5.69 Å². The molecule has 2 fully saturated rings. The van der Waals surface area contributed by atoms with Gasteiger partial charge in [-0.1, -0.05) is 6.07 Å². The van der Waals surface area contributed by atoms with Crippen molar-refractivity contribution in [1.82, 2.24) is 19.5 Å². The number of aromatic nitrogens is 4. The van der Waals surface area contributed by atoms with E-state index in [4.69, 9.17) is 0 Å². The summed E-state index contributed by atoms with van der Waals surface area (Å²) in [6.07, 6.45) is 1.39. The van der Waals surface area contributed by atoms with Gasteiger partial charge < -0.3 is 14.5 Å². The Morgan fingerprint density at radius 1 is 1.06 bits per heavy atom. The molecule has 1 amide bonds. The maximum absolute atomic E-state index is 13.2. The van der Waals surface area contributed by atoms with E-state index in [0.717, 1.165) is 46.9 Å². The monoisotopic (exact) mass is 451 g/mol. The minimum absolute atomic E-state index is 0.0745. The first-order chi connectivity index (χ1) is 15.8. The summed E-state index contributed by atoms with van der Waals surface area (Å²) in [7, 11) is 0. The Hall–Kier alpha value is -3.62. The molecule has 0 radical (unpaired) electrons. The topological polar surface area (TPSA) is 66.8 Å². The number of alkyl halides is 3. The molecule has 3 heterocycles. The second-order valence-corrected chi connectivity index (χ2v) is 8.83. The van der Waals surface area contributed by atoms with E-state index in [-0.39, 0.29) is 17.9 Å². The molecule has 2 atom stereocenters. The maximum atomic E-state index is 13.2. The predicted octanol–water partition coefficient (Wildman–Crippen LogP) is 5.19. The third kappa shape index (κ3) is 3.21. The number of nitrogens with one attached hydrogen (secondary N) is 1. The number of anilines is 1. The van der Waals surface area contributed by atoms with Crippen molar-refractivity contribution in [2.75, 3.05) is 4.90 Å². The maximum Gasteiger partial charge on any atom is 0.434 e. The van der Waals surface area contributed by atoms with Gasteiger partial charge in [-0.15, -0.1) is 0 Å². The number of imidazole rings is 2. The van der Waals surface area contributed by atoms with Crippen LogP contribution in [0.25, 0.3) is 16.7 Å². The third-order valence-corrected chi connectivity index (χ3v) is 6.70. The SMILES string of the molecule is Cc1cc(-n2cnc(C(F)(F)F)c2)ccc1[C@@H]1C(C2CC2)C(=O)N1c1ccc2[nH]cnc2c1. The Balaban J connectivity index is 1.37. The van der Waals surface area contributed by atoms with Crippen LogP contribution in [0.4, 0.5) is 18.9 Å². The molecule has 1 unspecified atom stereocenters. The van der Waals surface area contributed by atoms with E-state index in [9.17, 15) is 18.0 Å². The van der Waals surface area contributed by atoms with Gasteiger partial charge in [0.2, 0.25) is 5.91 Å². The number of halogens is 3. The van der Waals surface area contributed by atoms with Gasteiger partial charge in [0.05, 0.1) is 35.6 Å². The van der Waals surface area contributed by atoms with Crippen LogP contribution in [0.5, 0.6) is 0 Å². The van der Waals surface area contributed by atoms with Crippen LogP contribution in [-0.2, 0) is 11.0 Å². The number of aromatic amines is 1. The van der Waals surface area contributed by atoms with Gasteiger partial charge in [-0.25, -0.2) is 9.97 Å². The van der Waals surface area contributed by atoms with Gasteiger partial charge in [-0.2, -0.15) is 13.2 Å². The number of β-lactam (4-membered cyclic amide) rings is 1. The third-order valence-electron chi connectivity index (χ3n) is 6.70. The summed E-state index contributed by atoms with van der Waals surface area (Å²) in [4.78, 5) is 25.9. The van der Waals surface area contributed by atoms with Crippen LogP contribution in [0.1, 0.15) is 35.7 Å². The van der Waals surface area contributed by atoms with Crippen LogP contribution < -0.4 is 4.90 Å². The number of carbonyl (C=O) groups excluding carboxylic acids is 1. The van der Waals surface area contributed by atoms with Crippen LogP contribution in [-0.4, -0.2) is 25.4 Å². The molecule has 1 saturated carbocycles. The number of carbonyl (C=O) groups is 1. The van der Waals surface area contributed by atoms with Crippen LogP contribution in [0.2, 0.25) is 0 Å². The number of H-pyrrole nitrogens is 1. The number of hydrogen-bond donors (Lipinski definition) is 1. The number of benzene rings is 2. The van der Waals surface area contributed by atoms with E-state index in [1.807, 2.05) is 42.2 Å². The van der Waals surface area contributed by atoms with E-state index >= 15 is 0 Å². The first-order valence-corrected chi connectivity index (χ1v) is 10.8. The Labute approximate surface area is 187 Å². The number of aryl methyl sites for hydroxylation is 1. The highest BCUT2D eigenvalue weighted by molar-refractivity contribution is 6.04. The highest BCUT2D eigenvalue weighted by Gasteiger charge is 2.55. The molecule has 1 N–H and O–H groups in total. The second-order valence-electron chi connectivity index (χ2n) is 8.83. The second kappa shape index (κ2) is 6.94. The number of hydrogen-bond acceptors (Lipinski definition) is 3. The summed E-state index contributed by atoms with van der Waals surface area (Å²) >= 11 is 0. The highest BCUT2D eigenvalue weighted by Crippen LogP contribution is 2.54. The standard InChI is InChI=1S/C24H20F3N5O/c1-13-8-15(31-10-20(30-12-31)24(25,26)27)4-6-17(13)22-21(14-2-3-14)23(33)32(22)16-5-7-18-19(9-16)29-11-28-18/h4-12,14,21-22H,2-3H2,1H3,(H,28,29)/t21?,22-/m1/s1. The summed E-state index contributed by atoms with van der Waals surface area (Å²) < 4.78 is 40.2. The van der Waals surface area contributed by atoms with Crippen molar-refractivity contribution in [1.29, 1.82) is 0 Å². The zero-order valence-electron chi connectivity index (χ0n) is 17.7. The minimum atomic E-state index is -4.49. The van der Waals surface area contributed by atoms with Crippen LogP contribution in [0.15, 0.2) is 55.2 Å². The Bertz CT molecular complexity index is 1380. The molecule has 2 aromatic carbocycles. The lowest BCUT2D eigenvalue weighted by Crippen LogP contribution is -2.56. The summed E-state index contributed by atoms with van der Waals surface area (Å²) in [5, 5.41) is 0. The van der Waals surface area contributed by atoms with Crippen LogP contribution in [0, 0.1) is 18.8 Å². The molecular formula is C24H20F3N5O. The normalized spacial score (nSPS) is 21.0. The van der Waals surface area contributed by atoms with Gasteiger partial charge in [0.1, 0.15) is 0 Å². The predicted molar refractivity (Wildman–Crippen MR) is 116 cm³/mol. The van der Waals surface area contributed by atoms with Crippen LogP contribution >= 0.6 is 0 Å². The van der Waals surface area contributed by atoms with Crippen molar-refractivity contribution >= 4 is 22.6 Å². The zero-order valence-corrected chi connectivity index (χ0v) is 17.7. The average Bonchev–Trinajstić information content (AvgIpc) is 3.25. The average molecular weight is 451 g/mol. The molecule has 1 saturated heterocycles. The molecule has 2 aliphatic rings. The number of rotatable bonds is 4. The summed E-state index contributed by atoms with van der Waals surface area (Å²) in [5.74, 6) is 0.426. The lowest BCUT2D eigenvalue weighted by Gasteiger charge is -2.48. The van der Waals surface area contributed by atoms with Crippen molar-refractivity contribution in [2.24, 2.45) is 11.8 Å². The minimum Gasteiger partial charge on any atom is -0.345 e. The molecule has 2 aromatic heterocycles. The molecule has 1 aliphatic carbocycles. The molecule has 4 aromatic rings. The molecule has 6 nitrogen and oxygen atoms in total. The molecule has 6 rings (SSSR count). The molecule has 1 aliphatic heterocycles. The Morgan fingerprint density at radius 3 is 2.55 bits per heavy atom. The van der Waals surface area contributed by atoms with Crippen molar-refractivity contribution in [3.8, 4) is 5.69 Å². The van der Waals surface area contributed by atoms with Crippen LogP contribution in [0.3, 0.4) is 0 Å². The molecule has 168 valence electrons. The molecule has 33 heavy (non-hydrogen) atoms. The smallest absolute Gasteiger partial charge is 0.345 e. The molecule has 9 heteroatoms. The molecular weight excluding hydrogens is 431 g/mol. The van der Waals surface area contributed by atoms with Gasteiger partial charge in [0, 0.05) is 17.6 Å².